The second kappa shape index (κ2) is 5.36. The minimum absolute atomic E-state index is 0.539. The molecule has 0 saturated carbocycles. The van der Waals surface area contributed by atoms with E-state index in [9.17, 15) is 0 Å². The first kappa shape index (κ1) is 14.2. The van der Waals surface area contributed by atoms with Crippen molar-refractivity contribution in [3.05, 3.63) is 30.1 Å². The summed E-state index contributed by atoms with van der Waals surface area (Å²) in [5.41, 5.74) is 2.90. The van der Waals surface area contributed by atoms with Crippen molar-refractivity contribution in [2.24, 2.45) is 12.5 Å². The summed E-state index contributed by atoms with van der Waals surface area (Å²) >= 11 is 0. The van der Waals surface area contributed by atoms with E-state index in [2.05, 4.69) is 52.7 Å². The quantitative estimate of drug-likeness (QED) is 0.851. The van der Waals surface area contributed by atoms with Gasteiger partial charge in [0, 0.05) is 20.1 Å². The van der Waals surface area contributed by atoms with Crippen LogP contribution in [0.5, 0.6) is 0 Å². The maximum Gasteiger partial charge on any atom is 0.123 e. The lowest BCUT2D eigenvalue weighted by molar-refractivity contribution is 0.0874. The number of para-hydroxylation sites is 2. The van der Waals surface area contributed by atoms with E-state index in [1.807, 2.05) is 0 Å². The number of hydrogen-bond donors (Lipinski definition) is 0. The number of piperidine rings is 1. The van der Waals surface area contributed by atoms with E-state index in [-0.39, 0.29) is 0 Å². The molecule has 22 heavy (non-hydrogen) atoms. The van der Waals surface area contributed by atoms with Crippen LogP contribution in [-0.4, -0.2) is 52.6 Å². The third-order valence-corrected chi connectivity index (χ3v) is 5.61. The predicted octanol–water partition coefficient (Wildman–Crippen LogP) is 2.49. The van der Waals surface area contributed by atoms with Gasteiger partial charge in [-0.15, -0.1) is 0 Å². The summed E-state index contributed by atoms with van der Waals surface area (Å²) in [6.07, 6.45) is 4.09. The van der Waals surface area contributed by atoms with Gasteiger partial charge in [0.15, 0.2) is 0 Å². The van der Waals surface area contributed by atoms with Gasteiger partial charge >= 0.3 is 0 Å². The fraction of sp³-hybridized carbons (Fsp3) is 0.611. The molecule has 2 aliphatic heterocycles. The second-order valence-electron chi connectivity index (χ2n) is 7.38. The van der Waals surface area contributed by atoms with Crippen LogP contribution in [0.1, 0.15) is 25.1 Å². The zero-order valence-corrected chi connectivity index (χ0v) is 13.8. The molecular formula is C18H26N4. The van der Waals surface area contributed by atoms with Crippen molar-refractivity contribution in [2.75, 3.05) is 33.2 Å². The SMILES string of the molecule is CN1CCC2(CCCN(Cc3nc4ccccc4n3C)C2)C1. The van der Waals surface area contributed by atoms with E-state index in [1.165, 1.54) is 56.8 Å². The Morgan fingerprint density at radius 2 is 1.95 bits per heavy atom. The van der Waals surface area contributed by atoms with Gasteiger partial charge < -0.3 is 9.47 Å². The zero-order valence-electron chi connectivity index (χ0n) is 13.8. The number of imidazole rings is 1. The van der Waals surface area contributed by atoms with Gasteiger partial charge in [0.05, 0.1) is 17.6 Å². The van der Waals surface area contributed by atoms with Crippen LogP contribution in [0.4, 0.5) is 0 Å². The first-order valence-corrected chi connectivity index (χ1v) is 8.47. The van der Waals surface area contributed by atoms with Crippen molar-refractivity contribution in [1.29, 1.82) is 0 Å². The molecule has 0 radical (unpaired) electrons. The predicted molar refractivity (Wildman–Crippen MR) is 89.8 cm³/mol. The Balaban J connectivity index is 1.53. The standard InChI is InChI=1S/C18H26N4/c1-20-11-9-18(13-20)8-5-10-22(14-18)12-17-19-15-6-3-4-7-16(15)21(17)2/h3-4,6-7H,5,8-14H2,1-2H3. The number of likely N-dealkylation sites (tertiary alicyclic amines) is 2. The Bertz CT molecular complexity index is 673. The molecule has 1 aromatic carbocycles. The molecule has 118 valence electrons. The fourth-order valence-corrected chi connectivity index (χ4v) is 4.47. The molecule has 2 aliphatic rings. The zero-order chi connectivity index (χ0) is 15.2. The van der Waals surface area contributed by atoms with Crippen LogP contribution in [0.15, 0.2) is 24.3 Å². The number of aromatic nitrogens is 2. The highest BCUT2D eigenvalue weighted by molar-refractivity contribution is 5.75. The van der Waals surface area contributed by atoms with Gasteiger partial charge in [-0.25, -0.2) is 4.98 Å². The van der Waals surface area contributed by atoms with Crippen molar-refractivity contribution in [2.45, 2.75) is 25.8 Å². The number of rotatable bonds is 2. The van der Waals surface area contributed by atoms with Crippen LogP contribution in [0.25, 0.3) is 11.0 Å². The fourth-order valence-electron chi connectivity index (χ4n) is 4.47. The van der Waals surface area contributed by atoms with Gasteiger partial charge in [-0.2, -0.15) is 0 Å². The Morgan fingerprint density at radius 3 is 2.73 bits per heavy atom. The Morgan fingerprint density at radius 1 is 1.09 bits per heavy atom. The maximum atomic E-state index is 4.85. The highest BCUT2D eigenvalue weighted by Gasteiger charge is 2.40. The number of hydrogen-bond acceptors (Lipinski definition) is 3. The molecule has 4 nitrogen and oxygen atoms in total. The molecule has 4 rings (SSSR count). The second-order valence-corrected chi connectivity index (χ2v) is 7.38. The number of fused-ring (bicyclic) bond motifs is 1. The molecule has 0 N–H and O–H groups in total. The van der Waals surface area contributed by atoms with Gasteiger partial charge in [-0.3, -0.25) is 4.90 Å². The van der Waals surface area contributed by atoms with Crippen LogP contribution >= 0.6 is 0 Å². The lowest BCUT2D eigenvalue weighted by Gasteiger charge is -2.40. The van der Waals surface area contributed by atoms with Crippen LogP contribution in [-0.2, 0) is 13.6 Å². The Hall–Kier alpha value is -1.39. The van der Waals surface area contributed by atoms with Gasteiger partial charge in [-0.05, 0) is 56.9 Å². The highest BCUT2D eigenvalue weighted by Crippen LogP contribution is 2.38. The summed E-state index contributed by atoms with van der Waals surface area (Å²) in [5.74, 6) is 1.20. The van der Waals surface area contributed by atoms with Crippen molar-refractivity contribution >= 4 is 11.0 Å². The maximum absolute atomic E-state index is 4.85. The van der Waals surface area contributed by atoms with E-state index >= 15 is 0 Å². The van der Waals surface area contributed by atoms with Crippen molar-refractivity contribution < 1.29 is 0 Å². The molecule has 2 fully saturated rings. The normalized spacial score (nSPS) is 27.2. The van der Waals surface area contributed by atoms with Gasteiger partial charge in [0.2, 0.25) is 0 Å². The van der Waals surface area contributed by atoms with Crippen molar-refractivity contribution in [1.82, 2.24) is 19.4 Å². The molecule has 2 saturated heterocycles. The highest BCUT2D eigenvalue weighted by atomic mass is 15.2. The summed E-state index contributed by atoms with van der Waals surface area (Å²) in [7, 11) is 4.41. The average molecular weight is 298 g/mol. The smallest absolute Gasteiger partial charge is 0.123 e. The lowest BCUT2D eigenvalue weighted by atomic mass is 9.79. The third-order valence-electron chi connectivity index (χ3n) is 5.61. The van der Waals surface area contributed by atoms with Crippen LogP contribution in [0, 0.1) is 5.41 Å². The largest absolute Gasteiger partial charge is 0.330 e. The van der Waals surface area contributed by atoms with Crippen LogP contribution in [0.3, 0.4) is 0 Å². The summed E-state index contributed by atoms with van der Waals surface area (Å²) in [6, 6.07) is 8.44. The average Bonchev–Trinajstić information content (AvgIpc) is 3.01. The first-order valence-electron chi connectivity index (χ1n) is 8.47. The summed E-state index contributed by atoms with van der Waals surface area (Å²) < 4.78 is 2.26. The number of aryl methyl sites for hydroxylation is 1. The molecule has 0 amide bonds. The molecule has 0 aliphatic carbocycles. The van der Waals surface area contributed by atoms with E-state index < -0.39 is 0 Å². The molecule has 1 aromatic heterocycles. The monoisotopic (exact) mass is 298 g/mol. The molecule has 2 aromatic rings. The van der Waals surface area contributed by atoms with Crippen LogP contribution in [0.2, 0.25) is 0 Å². The number of benzene rings is 1. The van der Waals surface area contributed by atoms with Gasteiger partial charge in [-0.1, -0.05) is 12.1 Å². The number of nitrogens with zero attached hydrogens (tertiary/aromatic N) is 4. The van der Waals surface area contributed by atoms with E-state index in [1.54, 1.807) is 0 Å². The topological polar surface area (TPSA) is 24.3 Å². The Kier molecular flexibility index (Phi) is 3.46. The first-order chi connectivity index (χ1) is 10.7. The summed E-state index contributed by atoms with van der Waals surface area (Å²) in [5, 5.41) is 0. The lowest BCUT2D eigenvalue weighted by Crippen LogP contribution is -2.44. The summed E-state index contributed by atoms with van der Waals surface area (Å²) in [6.45, 7) is 5.97. The molecule has 3 heterocycles. The third kappa shape index (κ3) is 2.44. The minimum Gasteiger partial charge on any atom is -0.330 e. The molecule has 0 bridgehead atoms. The summed E-state index contributed by atoms with van der Waals surface area (Å²) in [4.78, 5) is 9.97. The molecule has 1 spiro atoms. The van der Waals surface area contributed by atoms with E-state index in [4.69, 9.17) is 4.98 Å². The van der Waals surface area contributed by atoms with Crippen LogP contribution < -0.4 is 0 Å². The van der Waals surface area contributed by atoms with Crippen molar-refractivity contribution in [3.63, 3.8) is 0 Å². The minimum atomic E-state index is 0.539. The molecule has 1 atom stereocenters. The van der Waals surface area contributed by atoms with E-state index in [0.29, 0.717) is 5.41 Å². The van der Waals surface area contributed by atoms with E-state index in [0.717, 1.165) is 12.1 Å². The molecule has 4 heteroatoms. The van der Waals surface area contributed by atoms with Gasteiger partial charge in [0.25, 0.3) is 0 Å². The van der Waals surface area contributed by atoms with Crippen molar-refractivity contribution in [3.8, 4) is 0 Å². The Labute approximate surface area is 132 Å². The molecule has 1 unspecified atom stereocenters. The van der Waals surface area contributed by atoms with Gasteiger partial charge in [0.1, 0.15) is 5.82 Å². The molecular weight excluding hydrogens is 272 g/mol.